The number of hydrogen-bond donors (Lipinski definition) is 0. The number of ether oxygens (including phenoxy) is 1. The van der Waals surface area contributed by atoms with Crippen LogP contribution in [0.5, 0.6) is 5.75 Å². The number of aromatic nitrogens is 1. The minimum absolute atomic E-state index is 0.422. The van der Waals surface area contributed by atoms with Gasteiger partial charge in [0.15, 0.2) is 0 Å². The number of pyridine rings is 1. The Kier molecular flexibility index (Phi) is 2.00. The number of fused-ring (bicyclic) bond motifs is 1. The van der Waals surface area contributed by atoms with Crippen molar-refractivity contribution in [1.82, 2.24) is 4.98 Å². The van der Waals surface area contributed by atoms with Gasteiger partial charge in [-0.3, -0.25) is 9.98 Å². The minimum atomic E-state index is 0.422. The van der Waals surface area contributed by atoms with E-state index in [0.717, 1.165) is 23.6 Å². The van der Waals surface area contributed by atoms with E-state index in [2.05, 4.69) is 16.9 Å². The Labute approximate surface area is 77.5 Å². The summed E-state index contributed by atoms with van der Waals surface area (Å²) in [7, 11) is 1.65. The maximum atomic E-state index is 5.09. The smallest absolute Gasteiger partial charge is 0.137 e. The van der Waals surface area contributed by atoms with Crippen LogP contribution in [0, 0.1) is 0 Å². The number of aliphatic imine (C=N–C) groups is 1. The molecule has 0 aliphatic carbocycles. The predicted octanol–water partition coefficient (Wildman–Crippen LogP) is 1.63. The van der Waals surface area contributed by atoms with E-state index >= 15 is 0 Å². The maximum absolute atomic E-state index is 5.09. The Morgan fingerprint density at radius 3 is 3.15 bits per heavy atom. The summed E-state index contributed by atoms with van der Waals surface area (Å²) in [6, 6.07) is 1.97. The van der Waals surface area contributed by atoms with Crippen LogP contribution in [0.3, 0.4) is 0 Å². The van der Waals surface area contributed by atoms with Crippen molar-refractivity contribution >= 4 is 6.21 Å². The summed E-state index contributed by atoms with van der Waals surface area (Å²) in [5.41, 5.74) is 2.20. The average molecular weight is 176 g/mol. The predicted molar refractivity (Wildman–Crippen MR) is 51.7 cm³/mol. The Hall–Kier alpha value is -1.38. The summed E-state index contributed by atoms with van der Waals surface area (Å²) in [5.74, 6) is 1.21. The number of hydrogen-bond acceptors (Lipinski definition) is 3. The third kappa shape index (κ3) is 1.41. The van der Waals surface area contributed by atoms with Crippen LogP contribution < -0.4 is 4.74 Å². The molecule has 3 nitrogen and oxygen atoms in total. The highest BCUT2D eigenvalue weighted by Crippen LogP contribution is 2.23. The van der Waals surface area contributed by atoms with Gasteiger partial charge in [-0.2, -0.15) is 0 Å². The molecule has 1 aliphatic rings. The van der Waals surface area contributed by atoms with E-state index in [-0.39, 0.29) is 0 Å². The second-order valence-electron chi connectivity index (χ2n) is 3.24. The van der Waals surface area contributed by atoms with Crippen LogP contribution in [0.25, 0.3) is 0 Å². The molecule has 0 saturated heterocycles. The van der Waals surface area contributed by atoms with Gasteiger partial charge in [-0.15, -0.1) is 0 Å². The zero-order chi connectivity index (χ0) is 9.26. The molecule has 3 heteroatoms. The molecule has 1 unspecified atom stereocenters. The largest absolute Gasteiger partial charge is 0.495 e. The van der Waals surface area contributed by atoms with Crippen LogP contribution in [0.1, 0.15) is 24.1 Å². The van der Waals surface area contributed by atoms with Gasteiger partial charge in [-0.05, 0) is 6.07 Å². The first-order valence-corrected chi connectivity index (χ1v) is 4.35. The molecule has 0 bridgehead atoms. The van der Waals surface area contributed by atoms with E-state index < -0.39 is 0 Å². The molecule has 0 fully saturated rings. The molecule has 2 heterocycles. The summed E-state index contributed by atoms with van der Waals surface area (Å²) in [6.07, 6.45) is 3.62. The monoisotopic (exact) mass is 176 g/mol. The lowest BCUT2D eigenvalue weighted by atomic mass is 10.0. The van der Waals surface area contributed by atoms with Gasteiger partial charge in [0.2, 0.25) is 0 Å². The van der Waals surface area contributed by atoms with Crippen molar-refractivity contribution in [2.24, 2.45) is 4.99 Å². The zero-order valence-corrected chi connectivity index (χ0v) is 7.82. The van der Waals surface area contributed by atoms with Gasteiger partial charge in [0.1, 0.15) is 5.75 Å². The third-order valence-electron chi connectivity index (χ3n) is 2.24. The van der Waals surface area contributed by atoms with Crippen molar-refractivity contribution < 1.29 is 4.74 Å². The number of rotatable bonds is 1. The van der Waals surface area contributed by atoms with Crippen LogP contribution in [-0.4, -0.2) is 24.9 Å². The van der Waals surface area contributed by atoms with Gasteiger partial charge in [-0.1, -0.05) is 6.92 Å². The average Bonchev–Trinajstić information content (AvgIpc) is 2.18. The highest BCUT2D eigenvalue weighted by atomic mass is 16.5. The van der Waals surface area contributed by atoms with Crippen LogP contribution in [0.2, 0.25) is 0 Å². The highest BCUT2D eigenvalue weighted by molar-refractivity contribution is 5.83. The van der Waals surface area contributed by atoms with Crippen LogP contribution in [-0.2, 0) is 0 Å². The molecule has 0 amide bonds. The Balaban J connectivity index is 2.47. The summed E-state index contributed by atoms with van der Waals surface area (Å²) >= 11 is 0. The van der Waals surface area contributed by atoms with Gasteiger partial charge < -0.3 is 4.74 Å². The lowest BCUT2D eigenvalue weighted by Crippen LogP contribution is -2.10. The second kappa shape index (κ2) is 3.17. The topological polar surface area (TPSA) is 34.5 Å². The molecule has 1 aromatic heterocycles. The zero-order valence-electron chi connectivity index (χ0n) is 7.82. The van der Waals surface area contributed by atoms with Crippen molar-refractivity contribution in [3.8, 4) is 5.75 Å². The lowest BCUT2D eigenvalue weighted by Gasteiger charge is -2.15. The molecule has 2 rings (SSSR count). The molecule has 1 atom stereocenters. The first-order valence-electron chi connectivity index (χ1n) is 4.35. The highest BCUT2D eigenvalue weighted by Gasteiger charge is 2.14. The van der Waals surface area contributed by atoms with Gasteiger partial charge in [-0.25, -0.2) is 0 Å². The van der Waals surface area contributed by atoms with Gasteiger partial charge in [0, 0.05) is 24.2 Å². The van der Waals surface area contributed by atoms with E-state index in [1.165, 1.54) is 0 Å². The van der Waals surface area contributed by atoms with Gasteiger partial charge in [0.25, 0.3) is 0 Å². The van der Waals surface area contributed by atoms with Crippen LogP contribution in [0.4, 0.5) is 0 Å². The molecule has 68 valence electrons. The molecule has 0 saturated carbocycles. The van der Waals surface area contributed by atoms with Gasteiger partial charge in [0.05, 0.1) is 19.0 Å². The van der Waals surface area contributed by atoms with Crippen molar-refractivity contribution in [1.29, 1.82) is 0 Å². The molecule has 0 spiro atoms. The summed E-state index contributed by atoms with van der Waals surface area (Å²) in [6.45, 7) is 2.97. The number of nitrogens with zero attached hydrogens (tertiary/aromatic N) is 2. The molecule has 0 aromatic carbocycles. The molecule has 1 aromatic rings. The second-order valence-corrected chi connectivity index (χ2v) is 3.24. The van der Waals surface area contributed by atoms with E-state index in [1.54, 1.807) is 13.3 Å². The fourth-order valence-electron chi connectivity index (χ4n) is 1.49. The standard InChI is InChI=1S/C10H12N2O/c1-7-4-11-5-8-3-9(13-2)6-12-10(7)8/h3,5-7H,4H2,1-2H3. The molecular formula is C10H12N2O. The minimum Gasteiger partial charge on any atom is -0.495 e. The molecule has 1 aliphatic heterocycles. The first-order chi connectivity index (χ1) is 6.31. The Morgan fingerprint density at radius 2 is 2.38 bits per heavy atom. The Morgan fingerprint density at radius 1 is 1.54 bits per heavy atom. The molecule has 13 heavy (non-hydrogen) atoms. The lowest BCUT2D eigenvalue weighted by molar-refractivity contribution is 0.412. The Bertz CT molecular complexity index is 347. The number of methoxy groups -OCH3 is 1. The van der Waals surface area contributed by atoms with Gasteiger partial charge >= 0.3 is 0 Å². The van der Waals surface area contributed by atoms with Crippen LogP contribution >= 0.6 is 0 Å². The molecular weight excluding hydrogens is 164 g/mol. The first kappa shape index (κ1) is 8.23. The normalized spacial score (nSPS) is 19.7. The summed E-state index contributed by atoms with van der Waals surface area (Å²) in [5, 5.41) is 0. The van der Waals surface area contributed by atoms with E-state index in [4.69, 9.17) is 4.74 Å². The van der Waals surface area contributed by atoms with Crippen molar-refractivity contribution in [2.75, 3.05) is 13.7 Å². The quantitative estimate of drug-likeness (QED) is 0.651. The fourth-order valence-corrected chi connectivity index (χ4v) is 1.49. The summed E-state index contributed by atoms with van der Waals surface area (Å²) < 4.78 is 5.09. The SMILES string of the molecule is COc1cnc2c(c1)C=NCC2C. The van der Waals surface area contributed by atoms with Crippen molar-refractivity contribution in [3.05, 3.63) is 23.5 Å². The molecule has 0 N–H and O–H groups in total. The van der Waals surface area contributed by atoms with Crippen LogP contribution in [0.15, 0.2) is 17.3 Å². The van der Waals surface area contributed by atoms with E-state index in [9.17, 15) is 0 Å². The van der Waals surface area contributed by atoms with E-state index in [1.807, 2.05) is 12.3 Å². The van der Waals surface area contributed by atoms with E-state index in [0.29, 0.717) is 5.92 Å². The third-order valence-corrected chi connectivity index (χ3v) is 2.24. The van der Waals surface area contributed by atoms with Crippen molar-refractivity contribution in [2.45, 2.75) is 12.8 Å². The molecule has 0 radical (unpaired) electrons. The summed E-state index contributed by atoms with van der Waals surface area (Å²) in [4.78, 5) is 8.61. The fraction of sp³-hybridized carbons (Fsp3) is 0.400. The van der Waals surface area contributed by atoms with Crippen molar-refractivity contribution in [3.63, 3.8) is 0 Å². The maximum Gasteiger partial charge on any atom is 0.137 e.